The molecule has 0 aromatic heterocycles. The summed E-state index contributed by atoms with van der Waals surface area (Å²) in [4.78, 5) is 29.1. The van der Waals surface area contributed by atoms with Gasteiger partial charge in [0.1, 0.15) is 5.82 Å². The second kappa shape index (κ2) is 10.0. The van der Waals surface area contributed by atoms with Crippen molar-refractivity contribution in [2.75, 3.05) is 49.6 Å². The van der Waals surface area contributed by atoms with Crippen molar-refractivity contribution in [2.45, 2.75) is 19.0 Å². The van der Waals surface area contributed by atoms with Crippen LogP contribution in [0.5, 0.6) is 0 Å². The van der Waals surface area contributed by atoms with Gasteiger partial charge in [0.2, 0.25) is 5.91 Å². The van der Waals surface area contributed by atoms with Gasteiger partial charge in [-0.1, -0.05) is 0 Å². The summed E-state index contributed by atoms with van der Waals surface area (Å²) >= 11 is 0. The van der Waals surface area contributed by atoms with E-state index in [0.29, 0.717) is 63.5 Å². The van der Waals surface area contributed by atoms with Crippen molar-refractivity contribution in [3.05, 3.63) is 59.4 Å². The highest BCUT2D eigenvalue weighted by Crippen LogP contribution is 2.36. The number of alkyl halides is 3. The second-order valence-electron chi connectivity index (χ2n) is 8.39. The lowest BCUT2D eigenvalue weighted by Gasteiger charge is -2.33. The number of rotatable bonds is 4. The Morgan fingerprint density at radius 1 is 0.941 bits per heavy atom. The van der Waals surface area contributed by atoms with Gasteiger partial charge in [0.05, 0.1) is 30.2 Å². The molecule has 0 radical (unpaired) electrons. The zero-order valence-electron chi connectivity index (χ0n) is 18.4. The van der Waals surface area contributed by atoms with Gasteiger partial charge in [-0.25, -0.2) is 4.39 Å². The molecular formula is C24H25F4N3O3. The van der Waals surface area contributed by atoms with Crippen LogP contribution in [0.3, 0.4) is 0 Å². The van der Waals surface area contributed by atoms with Crippen LogP contribution in [0.2, 0.25) is 0 Å². The van der Waals surface area contributed by atoms with E-state index in [0.717, 1.165) is 12.1 Å². The minimum Gasteiger partial charge on any atom is -0.378 e. The maximum absolute atomic E-state index is 13.3. The molecule has 2 heterocycles. The zero-order chi connectivity index (χ0) is 24.3. The largest absolute Gasteiger partial charge is 0.416 e. The molecule has 0 atom stereocenters. The first-order chi connectivity index (χ1) is 16.2. The van der Waals surface area contributed by atoms with Crippen molar-refractivity contribution in [1.82, 2.24) is 4.90 Å². The number of benzene rings is 2. The zero-order valence-corrected chi connectivity index (χ0v) is 18.4. The number of nitrogens with zero attached hydrogens (tertiary/aromatic N) is 2. The second-order valence-corrected chi connectivity index (χ2v) is 8.39. The molecule has 2 fully saturated rings. The van der Waals surface area contributed by atoms with Crippen molar-refractivity contribution >= 4 is 23.2 Å². The molecule has 0 bridgehead atoms. The van der Waals surface area contributed by atoms with Crippen LogP contribution in [0, 0.1) is 11.7 Å². The van der Waals surface area contributed by atoms with Gasteiger partial charge in [0.25, 0.3) is 5.91 Å². The van der Waals surface area contributed by atoms with E-state index in [4.69, 9.17) is 4.74 Å². The van der Waals surface area contributed by atoms with E-state index in [9.17, 15) is 27.2 Å². The fraction of sp³-hybridized carbons (Fsp3) is 0.417. The van der Waals surface area contributed by atoms with Crippen LogP contribution in [-0.4, -0.2) is 56.1 Å². The molecule has 0 spiro atoms. The van der Waals surface area contributed by atoms with E-state index in [2.05, 4.69) is 5.32 Å². The lowest BCUT2D eigenvalue weighted by molar-refractivity contribution is -0.137. The topological polar surface area (TPSA) is 61.9 Å². The standard InChI is InChI=1S/C24H25F4N3O3/c25-19-4-1-17(2-5-19)23(33)31-9-7-16(8-10-31)22(32)29-20-15-18(24(26,27)28)3-6-21(20)30-11-13-34-14-12-30/h1-6,15-16H,7-14H2,(H,29,32). The average molecular weight is 479 g/mol. The van der Waals surface area contributed by atoms with Gasteiger partial charge in [0.15, 0.2) is 0 Å². The van der Waals surface area contributed by atoms with Crippen LogP contribution in [0.4, 0.5) is 28.9 Å². The van der Waals surface area contributed by atoms with Crippen LogP contribution in [0.25, 0.3) is 0 Å². The first kappa shape index (κ1) is 24.0. The van der Waals surface area contributed by atoms with Crippen LogP contribution >= 0.6 is 0 Å². The molecule has 0 aliphatic carbocycles. The predicted molar refractivity (Wildman–Crippen MR) is 118 cm³/mol. The van der Waals surface area contributed by atoms with Gasteiger partial charge in [-0.05, 0) is 55.3 Å². The highest BCUT2D eigenvalue weighted by atomic mass is 19.4. The molecule has 2 amide bonds. The van der Waals surface area contributed by atoms with Crippen molar-refractivity contribution in [1.29, 1.82) is 0 Å². The Morgan fingerprint density at radius 2 is 1.59 bits per heavy atom. The predicted octanol–water partition coefficient (Wildman–Crippen LogP) is 4.17. The summed E-state index contributed by atoms with van der Waals surface area (Å²) in [5.41, 5.74) is 0.170. The molecule has 4 rings (SSSR count). The number of morpholine rings is 1. The molecule has 1 N–H and O–H groups in total. The summed E-state index contributed by atoms with van der Waals surface area (Å²) in [6, 6.07) is 8.63. The minimum atomic E-state index is -4.53. The number of nitrogens with one attached hydrogen (secondary N) is 1. The van der Waals surface area contributed by atoms with Crippen molar-refractivity contribution in [3.8, 4) is 0 Å². The minimum absolute atomic E-state index is 0.117. The van der Waals surface area contributed by atoms with Gasteiger partial charge in [-0.2, -0.15) is 13.2 Å². The van der Waals surface area contributed by atoms with E-state index in [1.54, 1.807) is 4.90 Å². The van der Waals surface area contributed by atoms with Crippen molar-refractivity contribution < 1.29 is 31.9 Å². The summed E-state index contributed by atoms with van der Waals surface area (Å²) in [5, 5.41) is 2.71. The van der Waals surface area contributed by atoms with E-state index < -0.39 is 23.5 Å². The molecule has 6 nitrogen and oxygen atoms in total. The van der Waals surface area contributed by atoms with E-state index in [1.165, 1.54) is 30.3 Å². The van der Waals surface area contributed by atoms with Crippen molar-refractivity contribution in [3.63, 3.8) is 0 Å². The molecule has 0 unspecified atom stereocenters. The highest BCUT2D eigenvalue weighted by molar-refractivity contribution is 5.97. The fourth-order valence-corrected chi connectivity index (χ4v) is 4.25. The first-order valence-electron chi connectivity index (χ1n) is 11.1. The average Bonchev–Trinajstić information content (AvgIpc) is 2.84. The van der Waals surface area contributed by atoms with Crippen LogP contribution in [0.15, 0.2) is 42.5 Å². The Morgan fingerprint density at radius 3 is 2.21 bits per heavy atom. The smallest absolute Gasteiger partial charge is 0.378 e. The van der Waals surface area contributed by atoms with Crippen molar-refractivity contribution in [2.24, 2.45) is 5.92 Å². The number of ether oxygens (including phenoxy) is 1. The number of hydrogen-bond donors (Lipinski definition) is 1. The van der Waals surface area contributed by atoms with Gasteiger partial charge >= 0.3 is 6.18 Å². The number of likely N-dealkylation sites (tertiary alicyclic amines) is 1. The molecule has 2 aliphatic rings. The number of carbonyl (C=O) groups excluding carboxylic acids is 2. The van der Waals surface area contributed by atoms with Crippen LogP contribution < -0.4 is 10.2 Å². The monoisotopic (exact) mass is 479 g/mol. The molecular weight excluding hydrogens is 454 g/mol. The quantitative estimate of drug-likeness (QED) is 0.669. The third-order valence-electron chi connectivity index (χ3n) is 6.18. The van der Waals surface area contributed by atoms with Crippen LogP contribution in [0.1, 0.15) is 28.8 Å². The summed E-state index contributed by atoms with van der Waals surface area (Å²) in [7, 11) is 0. The lowest BCUT2D eigenvalue weighted by Crippen LogP contribution is -2.41. The molecule has 0 saturated carbocycles. The molecule has 10 heteroatoms. The van der Waals surface area contributed by atoms with E-state index in [-0.39, 0.29) is 17.5 Å². The van der Waals surface area contributed by atoms with E-state index >= 15 is 0 Å². The summed E-state index contributed by atoms with van der Waals surface area (Å²) < 4.78 is 58.4. The van der Waals surface area contributed by atoms with Gasteiger partial charge in [0, 0.05) is 37.7 Å². The van der Waals surface area contributed by atoms with E-state index in [1.807, 2.05) is 4.90 Å². The Bertz CT molecular complexity index is 1030. The van der Waals surface area contributed by atoms with Crippen LogP contribution in [-0.2, 0) is 15.7 Å². The third-order valence-corrected chi connectivity index (χ3v) is 6.18. The maximum Gasteiger partial charge on any atom is 0.416 e. The SMILES string of the molecule is O=C(Nc1cc(C(F)(F)F)ccc1N1CCOCC1)C1CCN(C(=O)c2ccc(F)cc2)CC1. The molecule has 2 aromatic rings. The molecule has 34 heavy (non-hydrogen) atoms. The van der Waals surface area contributed by atoms with Gasteiger partial charge in [-0.15, -0.1) is 0 Å². The normalized spacial score (nSPS) is 17.5. The Balaban J connectivity index is 1.44. The fourth-order valence-electron chi connectivity index (χ4n) is 4.25. The highest BCUT2D eigenvalue weighted by Gasteiger charge is 2.33. The summed E-state index contributed by atoms with van der Waals surface area (Å²) in [5.74, 6) is -1.49. The molecule has 2 aliphatic heterocycles. The number of halogens is 4. The first-order valence-corrected chi connectivity index (χ1v) is 11.1. The van der Waals surface area contributed by atoms with Gasteiger partial charge < -0.3 is 19.9 Å². The van der Waals surface area contributed by atoms with Gasteiger partial charge in [-0.3, -0.25) is 9.59 Å². The Hall–Kier alpha value is -3.14. The number of piperidine rings is 1. The maximum atomic E-state index is 13.3. The Labute approximate surface area is 194 Å². The number of anilines is 2. The molecule has 2 aromatic carbocycles. The summed E-state index contributed by atoms with van der Waals surface area (Å²) in [6.07, 6.45) is -3.77. The number of carbonyl (C=O) groups is 2. The lowest BCUT2D eigenvalue weighted by atomic mass is 9.95. The molecule has 182 valence electrons. The number of hydrogen-bond acceptors (Lipinski definition) is 4. The Kier molecular flexibility index (Phi) is 7.06. The molecule has 2 saturated heterocycles. The summed E-state index contributed by atoms with van der Waals surface area (Å²) in [6.45, 7) is 2.58. The third kappa shape index (κ3) is 5.49. The number of amides is 2.